The normalized spacial score (nSPS) is 9.95. The summed E-state index contributed by atoms with van der Waals surface area (Å²) in [5, 5.41) is 5.77. The van der Waals surface area contributed by atoms with Crippen molar-refractivity contribution in [3.8, 4) is 0 Å². The van der Waals surface area contributed by atoms with E-state index in [1.165, 1.54) is 0 Å². The van der Waals surface area contributed by atoms with Crippen LogP contribution in [0.1, 0.15) is 10.4 Å². The second-order valence-corrected chi connectivity index (χ2v) is 4.54. The molecule has 0 radical (unpaired) electrons. The summed E-state index contributed by atoms with van der Waals surface area (Å²) in [5.74, 6) is 0.384. The standard InChI is InChI=1S/C15H18N4O/c1-16-14-13(5-4-10-17-14)15(20)18-11-6-8-12(9-7-11)19(2)3/h4-10H,1-3H3,(H,16,17)(H,18,20). The fourth-order valence-corrected chi connectivity index (χ4v) is 1.83. The highest BCUT2D eigenvalue weighted by molar-refractivity contribution is 6.07. The smallest absolute Gasteiger partial charge is 0.259 e. The van der Waals surface area contributed by atoms with Gasteiger partial charge in [0.25, 0.3) is 5.91 Å². The van der Waals surface area contributed by atoms with Gasteiger partial charge in [-0.3, -0.25) is 4.79 Å². The molecule has 2 N–H and O–H groups in total. The molecule has 1 amide bonds. The van der Waals surface area contributed by atoms with E-state index in [1.54, 1.807) is 25.4 Å². The predicted molar refractivity (Wildman–Crippen MR) is 82.5 cm³/mol. The number of nitrogens with one attached hydrogen (secondary N) is 2. The minimum Gasteiger partial charge on any atom is -0.378 e. The number of anilines is 3. The molecule has 0 atom stereocenters. The Labute approximate surface area is 118 Å². The summed E-state index contributed by atoms with van der Waals surface area (Å²) in [5.41, 5.74) is 2.36. The van der Waals surface area contributed by atoms with E-state index in [0.717, 1.165) is 11.4 Å². The highest BCUT2D eigenvalue weighted by atomic mass is 16.1. The summed E-state index contributed by atoms with van der Waals surface area (Å²) < 4.78 is 0. The molecule has 104 valence electrons. The Morgan fingerprint density at radius 1 is 1.15 bits per heavy atom. The minimum absolute atomic E-state index is 0.181. The van der Waals surface area contributed by atoms with Crippen LogP contribution in [-0.2, 0) is 0 Å². The van der Waals surface area contributed by atoms with Gasteiger partial charge in [-0.05, 0) is 36.4 Å². The third-order valence-electron chi connectivity index (χ3n) is 2.93. The second-order valence-electron chi connectivity index (χ2n) is 4.54. The van der Waals surface area contributed by atoms with Gasteiger partial charge in [-0.25, -0.2) is 4.98 Å². The van der Waals surface area contributed by atoms with Crippen molar-refractivity contribution < 1.29 is 4.79 Å². The van der Waals surface area contributed by atoms with Crippen molar-refractivity contribution in [2.75, 3.05) is 36.7 Å². The molecule has 0 saturated carbocycles. The minimum atomic E-state index is -0.181. The van der Waals surface area contributed by atoms with Gasteiger partial charge in [0.15, 0.2) is 0 Å². The zero-order valence-corrected chi connectivity index (χ0v) is 11.8. The number of aromatic nitrogens is 1. The lowest BCUT2D eigenvalue weighted by atomic mass is 10.2. The molecule has 0 fully saturated rings. The quantitative estimate of drug-likeness (QED) is 0.896. The molecule has 0 spiro atoms. The molecule has 0 aliphatic carbocycles. The van der Waals surface area contributed by atoms with E-state index < -0.39 is 0 Å². The number of nitrogens with zero attached hydrogens (tertiary/aromatic N) is 2. The number of carbonyl (C=O) groups is 1. The number of rotatable bonds is 4. The van der Waals surface area contributed by atoms with Crippen LogP contribution in [0, 0.1) is 0 Å². The molecule has 0 bridgehead atoms. The van der Waals surface area contributed by atoms with E-state index >= 15 is 0 Å². The Bertz CT molecular complexity index is 593. The molecule has 0 aliphatic heterocycles. The van der Waals surface area contributed by atoms with Gasteiger partial charge >= 0.3 is 0 Å². The maximum absolute atomic E-state index is 12.2. The number of pyridine rings is 1. The molecular weight excluding hydrogens is 252 g/mol. The fourth-order valence-electron chi connectivity index (χ4n) is 1.83. The topological polar surface area (TPSA) is 57.3 Å². The zero-order chi connectivity index (χ0) is 14.5. The maximum Gasteiger partial charge on any atom is 0.259 e. The van der Waals surface area contributed by atoms with Gasteiger partial charge in [0, 0.05) is 38.7 Å². The van der Waals surface area contributed by atoms with Crippen LogP contribution in [0.3, 0.4) is 0 Å². The number of hydrogen-bond acceptors (Lipinski definition) is 4. The third kappa shape index (κ3) is 3.06. The summed E-state index contributed by atoms with van der Waals surface area (Å²) in [6.45, 7) is 0. The summed E-state index contributed by atoms with van der Waals surface area (Å²) in [7, 11) is 5.69. The van der Waals surface area contributed by atoms with Crippen molar-refractivity contribution in [3.63, 3.8) is 0 Å². The van der Waals surface area contributed by atoms with Crippen LogP contribution < -0.4 is 15.5 Å². The molecule has 1 aromatic carbocycles. The molecule has 1 heterocycles. The molecular formula is C15H18N4O. The van der Waals surface area contributed by atoms with Gasteiger partial charge < -0.3 is 15.5 Å². The van der Waals surface area contributed by atoms with E-state index in [1.807, 2.05) is 43.3 Å². The van der Waals surface area contributed by atoms with Crippen molar-refractivity contribution in [2.45, 2.75) is 0 Å². The van der Waals surface area contributed by atoms with E-state index in [2.05, 4.69) is 15.6 Å². The van der Waals surface area contributed by atoms with E-state index in [0.29, 0.717) is 11.4 Å². The van der Waals surface area contributed by atoms with Gasteiger partial charge in [0.2, 0.25) is 0 Å². The molecule has 1 aromatic heterocycles. The van der Waals surface area contributed by atoms with Gasteiger partial charge in [0.05, 0.1) is 5.56 Å². The first-order chi connectivity index (χ1) is 9.61. The lowest BCUT2D eigenvalue weighted by Gasteiger charge is -2.13. The predicted octanol–water partition coefficient (Wildman–Crippen LogP) is 2.44. The molecule has 0 aliphatic rings. The maximum atomic E-state index is 12.2. The van der Waals surface area contributed by atoms with E-state index in [4.69, 9.17) is 0 Å². The molecule has 5 nitrogen and oxygen atoms in total. The highest BCUT2D eigenvalue weighted by Crippen LogP contribution is 2.18. The summed E-state index contributed by atoms with van der Waals surface area (Å²) in [6.07, 6.45) is 1.65. The van der Waals surface area contributed by atoms with Crippen molar-refractivity contribution in [1.29, 1.82) is 0 Å². The molecule has 0 saturated heterocycles. The molecule has 2 aromatic rings. The molecule has 2 rings (SSSR count). The first-order valence-electron chi connectivity index (χ1n) is 6.33. The van der Waals surface area contributed by atoms with E-state index in [-0.39, 0.29) is 5.91 Å². The Balaban J connectivity index is 2.15. The number of hydrogen-bond donors (Lipinski definition) is 2. The Morgan fingerprint density at radius 2 is 1.85 bits per heavy atom. The van der Waals surface area contributed by atoms with Gasteiger partial charge in [0.1, 0.15) is 5.82 Å². The summed E-state index contributed by atoms with van der Waals surface area (Å²) >= 11 is 0. The van der Waals surface area contributed by atoms with Crippen LogP contribution in [0.2, 0.25) is 0 Å². The van der Waals surface area contributed by atoms with Crippen LogP contribution >= 0.6 is 0 Å². The zero-order valence-electron chi connectivity index (χ0n) is 11.8. The SMILES string of the molecule is CNc1ncccc1C(=O)Nc1ccc(N(C)C)cc1. The van der Waals surface area contributed by atoms with Gasteiger partial charge in [-0.1, -0.05) is 0 Å². The molecule has 0 unspecified atom stereocenters. The van der Waals surface area contributed by atoms with Crippen LogP contribution in [0.5, 0.6) is 0 Å². The van der Waals surface area contributed by atoms with Crippen LogP contribution in [0.4, 0.5) is 17.2 Å². The number of benzene rings is 1. The van der Waals surface area contributed by atoms with Crippen molar-refractivity contribution in [3.05, 3.63) is 48.2 Å². The van der Waals surface area contributed by atoms with Gasteiger partial charge in [-0.15, -0.1) is 0 Å². The van der Waals surface area contributed by atoms with Crippen LogP contribution in [0.15, 0.2) is 42.6 Å². The third-order valence-corrected chi connectivity index (χ3v) is 2.93. The summed E-state index contributed by atoms with van der Waals surface area (Å²) in [4.78, 5) is 18.3. The Hall–Kier alpha value is -2.56. The number of carbonyl (C=O) groups excluding carboxylic acids is 1. The van der Waals surface area contributed by atoms with Crippen molar-refractivity contribution >= 4 is 23.1 Å². The molecule has 20 heavy (non-hydrogen) atoms. The fraction of sp³-hybridized carbons (Fsp3) is 0.200. The average molecular weight is 270 g/mol. The summed E-state index contributed by atoms with van der Waals surface area (Å²) in [6, 6.07) is 11.1. The van der Waals surface area contributed by atoms with Crippen molar-refractivity contribution in [2.24, 2.45) is 0 Å². The van der Waals surface area contributed by atoms with E-state index in [9.17, 15) is 4.79 Å². The number of amides is 1. The largest absolute Gasteiger partial charge is 0.378 e. The Morgan fingerprint density at radius 3 is 2.45 bits per heavy atom. The lowest BCUT2D eigenvalue weighted by Crippen LogP contribution is -2.15. The molecule has 5 heteroatoms. The Kier molecular flexibility index (Phi) is 4.20. The lowest BCUT2D eigenvalue weighted by molar-refractivity contribution is 0.102. The van der Waals surface area contributed by atoms with Gasteiger partial charge in [-0.2, -0.15) is 0 Å². The first kappa shape index (κ1) is 13.9. The first-order valence-corrected chi connectivity index (χ1v) is 6.33. The monoisotopic (exact) mass is 270 g/mol. The second kappa shape index (κ2) is 6.06. The highest BCUT2D eigenvalue weighted by Gasteiger charge is 2.11. The average Bonchev–Trinajstić information content (AvgIpc) is 2.47. The van der Waals surface area contributed by atoms with Crippen LogP contribution in [0.25, 0.3) is 0 Å². The van der Waals surface area contributed by atoms with Crippen molar-refractivity contribution in [1.82, 2.24) is 4.98 Å². The van der Waals surface area contributed by atoms with Crippen LogP contribution in [-0.4, -0.2) is 32.0 Å².